The van der Waals surface area contributed by atoms with Gasteiger partial charge in [0.25, 0.3) is 0 Å². The van der Waals surface area contributed by atoms with E-state index in [1.54, 1.807) is 0 Å². The molecule has 4 aliphatic rings. The van der Waals surface area contributed by atoms with Crippen LogP contribution in [0.4, 0.5) is 0 Å². The van der Waals surface area contributed by atoms with E-state index in [9.17, 15) is 9.59 Å². The van der Waals surface area contributed by atoms with Gasteiger partial charge in [-0.15, -0.1) is 6.58 Å². The lowest BCUT2D eigenvalue weighted by Crippen LogP contribution is -2.66. The van der Waals surface area contributed by atoms with Gasteiger partial charge in [0, 0.05) is 36.4 Å². The molecule has 1 spiro atoms. The minimum absolute atomic E-state index is 0.183. The average molecular weight is 395 g/mol. The minimum atomic E-state index is -0.335. The zero-order valence-corrected chi connectivity index (χ0v) is 17.3. The highest BCUT2D eigenvalue weighted by molar-refractivity contribution is 5.89. The maximum atomic E-state index is 13.0. The second kappa shape index (κ2) is 6.69. The molecular formula is C24H29NO4. The van der Waals surface area contributed by atoms with Crippen LogP contribution in [-0.4, -0.2) is 49.0 Å². The van der Waals surface area contributed by atoms with Crippen molar-refractivity contribution in [3.05, 3.63) is 41.0 Å². The number of hydrogen-bond acceptors (Lipinski definition) is 5. The van der Waals surface area contributed by atoms with Crippen molar-refractivity contribution in [3.8, 4) is 5.75 Å². The molecule has 0 N–H and O–H groups in total. The number of benzene rings is 1. The summed E-state index contributed by atoms with van der Waals surface area (Å²) in [5.74, 6) is 1.47. The van der Waals surface area contributed by atoms with Crippen LogP contribution in [0.2, 0.25) is 0 Å². The fraction of sp³-hybridized carbons (Fsp3) is 0.583. The molecule has 2 fully saturated rings. The van der Waals surface area contributed by atoms with Gasteiger partial charge in [0.2, 0.25) is 0 Å². The second-order valence-electron chi connectivity index (χ2n) is 9.07. The van der Waals surface area contributed by atoms with Crippen LogP contribution in [0.5, 0.6) is 5.75 Å². The first-order chi connectivity index (χ1) is 14.0. The van der Waals surface area contributed by atoms with Crippen LogP contribution >= 0.6 is 0 Å². The third kappa shape index (κ3) is 2.49. The van der Waals surface area contributed by atoms with Crippen LogP contribution < -0.4 is 4.74 Å². The number of esters is 1. The van der Waals surface area contributed by atoms with Gasteiger partial charge in [-0.25, -0.2) is 0 Å². The number of aryl methyl sites for hydroxylation is 2. The summed E-state index contributed by atoms with van der Waals surface area (Å²) in [5.41, 5.74) is 4.74. The van der Waals surface area contributed by atoms with Crippen molar-refractivity contribution in [1.82, 2.24) is 4.90 Å². The molecule has 154 valence electrons. The van der Waals surface area contributed by atoms with E-state index in [1.165, 1.54) is 23.8 Å². The van der Waals surface area contributed by atoms with Crippen LogP contribution in [0.3, 0.4) is 0 Å². The molecule has 1 saturated carbocycles. The van der Waals surface area contributed by atoms with Crippen molar-refractivity contribution >= 4 is 11.8 Å². The first kappa shape index (κ1) is 18.9. The summed E-state index contributed by atoms with van der Waals surface area (Å²) in [6.07, 6.45) is 6.18. The molecule has 0 aromatic heterocycles. The fourth-order valence-corrected chi connectivity index (χ4v) is 6.72. The molecule has 2 aliphatic heterocycles. The van der Waals surface area contributed by atoms with E-state index in [0.717, 1.165) is 43.7 Å². The molecule has 4 atom stereocenters. The summed E-state index contributed by atoms with van der Waals surface area (Å²) in [6.45, 7) is 7.89. The zero-order chi connectivity index (χ0) is 20.3. The molecule has 2 bridgehead atoms. The van der Waals surface area contributed by atoms with Crippen LogP contribution in [0.1, 0.15) is 47.9 Å². The van der Waals surface area contributed by atoms with Gasteiger partial charge in [0.05, 0.1) is 7.11 Å². The molecule has 0 amide bonds. The van der Waals surface area contributed by atoms with E-state index in [-0.39, 0.29) is 23.3 Å². The summed E-state index contributed by atoms with van der Waals surface area (Å²) in [7, 11) is 1.44. The van der Waals surface area contributed by atoms with Crippen molar-refractivity contribution in [1.29, 1.82) is 0 Å². The predicted octanol–water partition coefficient (Wildman–Crippen LogP) is 2.89. The van der Waals surface area contributed by atoms with Gasteiger partial charge in [0.1, 0.15) is 5.75 Å². The molecule has 5 rings (SSSR count). The number of likely N-dealkylation sites (tertiary alicyclic amines) is 1. The number of nitrogens with zero attached hydrogens (tertiary/aromatic N) is 1. The van der Waals surface area contributed by atoms with Crippen LogP contribution in [0, 0.1) is 12.8 Å². The minimum Gasteiger partial charge on any atom is -0.481 e. The van der Waals surface area contributed by atoms with Gasteiger partial charge in [-0.2, -0.15) is 0 Å². The Labute approximate surface area is 172 Å². The van der Waals surface area contributed by atoms with Crippen LogP contribution in [0.25, 0.3) is 0 Å². The summed E-state index contributed by atoms with van der Waals surface area (Å²) >= 11 is 0. The van der Waals surface area contributed by atoms with Crippen molar-refractivity contribution < 1.29 is 19.1 Å². The Bertz CT molecular complexity index is 907. The Balaban J connectivity index is 1.67. The molecule has 29 heavy (non-hydrogen) atoms. The molecule has 5 heteroatoms. The Morgan fingerprint density at radius 1 is 1.48 bits per heavy atom. The Morgan fingerprint density at radius 3 is 3.07 bits per heavy atom. The van der Waals surface area contributed by atoms with Crippen molar-refractivity contribution in [2.75, 3.05) is 20.2 Å². The highest BCUT2D eigenvalue weighted by Gasteiger charge is 2.65. The number of hydrogen-bond donors (Lipinski definition) is 0. The Kier molecular flexibility index (Phi) is 4.35. The maximum absolute atomic E-state index is 13.0. The van der Waals surface area contributed by atoms with Gasteiger partial charge in [-0.3, -0.25) is 14.5 Å². The Morgan fingerprint density at radius 2 is 2.31 bits per heavy atom. The quantitative estimate of drug-likeness (QED) is 0.567. The number of ether oxygens (including phenoxy) is 2. The molecule has 2 unspecified atom stereocenters. The van der Waals surface area contributed by atoms with E-state index in [4.69, 9.17) is 9.47 Å². The number of rotatable bonds is 5. The molecule has 5 nitrogen and oxygen atoms in total. The molecule has 2 heterocycles. The third-order valence-corrected chi connectivity index (χ3v) is 7.84. The highest BCUT2D eigenvalue weighted by atomic mass is 16.5. The summed E-state index contributed by atoms with van der Waals surface area (Å²) in [5, 5.41) is 0. The van der Waals surface area contributed by atoms with Crippen molar-refractivity contribution in [2.24, 2.45) is 5.92 Å². The van der Waals surface area contributed by atoms with Gasteiger partial charge < -0.3 is 9.47 Å². The van der Waals surface area contributed by atoms with Gasteiger partial charge in [-0.05, 0) is 61.8 Å². The molecule has 1 aromatic carbocycles. The largest absolute Gasteiger partial charge is 0.481 e. The molecule has 0 radical (unpaired) electrons. The van der Waals surface area contributed by atoms with Crippen molar-refractivity contribution in [2.45, 2.75) is 63.0 Å². The monoisotopic (exact) mass is 395 g/mol. The number of methoxy groups -OCH3 is 1. The number of carbonyl (C=O) groups excluding carboxylic acids is 2. The SMILES string of the molecule is C=CCN1CC[C@@]23c4c5c(CCC(=O)OC)cc(C)c4O[C@@H]2C(=O)CCC3C1C5. The Hall–Kier alpha value is -2.14. The van der Waals surface area contributed by atoms with Gasteiger partial charge >= 0.3 is 5.97 Å². The molecular weight excluding hydrogens is 366 g/mol. The van der Waals surface area contributed by atoms with E-state index in [0.29, 0.717) is 31.2 Å². The van der Waals surface area contributed by atoms with Crippen molar-refractivity contribution in [3.63, 3.8) is 0 Å². The highest BCUT2D eigenvalue weighted by Crippen LogP contribution is 2.62. The topological polar surface area (TPSA) is 55.8 Å². The summed E-state index contributed by atoms with van der Waals surface area (Å²) in [6, 6.07) is 2.57. The van der Waals surface area contributed by atoms with E-state index < -0.39 is 0 Å². The standard InChI is InChI=1S/C24H29NO4/c1-4-10-25-11-9-24-17-6-7-19(26)23(24)29-22-14(2)12-15(5-8-20(27)28-3)16(21(22)24)13-18(17)25/h4,12,17-18,23H,1,5-11,13H2,2-3H3/t17?,18?,23-,24-/m1/s1. The number of Topliss-reactive ketones (excluding diaryl/α,β-unsaturated/α-hetero) is 1. The molecule has 1 aromatic rings. The smallest absolute Gasteiger partial charge is 0.305 e. The summed E-state index contributed by atoms with van der Waals surface area (Å²) < 4.78 is 11.3. The number of piperidine rings is 1. The number of carbonyl (C=O) groups is 2. The summed E-state index contributed by atoms with van der Waals surface area (Å²) in [4.78, 5) is 27.3. The van der Waals surface area contributed by atoms with Crippen LogP contribution in [-0.2, 0) is 32.6 Å². The van der Waals surface area contributed by atoms with Crippen LogP contribution in [0.15, 0.2) is 18.7 Å². The third-order valence-electron chi connectivity index (χ3n) is 7.84. The lowest BCUT2D eigenvalue weighted by atomic mass is 9.51. The number of ketones is 1. The van der Waals surface area contributed by atoms with E-state index in [2.05, 4.69) is 24.5 Å². The predicted molar refractivity (Wildman–Crippen MR) is 109 cm³/mol. The first-order valence-electron chi connectivity index (χ1n) is 10.8. The molecule has 1 saturated heterocycles. The lowest BCUT2D eigenvalue weighted by Gasteiger charge is -2.57. The van der Waals surface area contributed by atoms with Gasteiger partial charge in [-0.1, -0.05) is 12.1 Å². The lowest BCUT2D eigenvalue weighted by molar-refractivity contribution is -0.140. The first-order valence-corrected chi connectivity index (χ1v) is 10.8. The zero-order valence-electron chi connectivity index (χ0n) is 17.3. The molecule has 2 aliphatic carbocycles. The average Bonchev–Trinajstić information content (AvgIpc) is 3.06. The fourth-order valence-electron chi connectivity index (χ4n) is 6.72. The second-order valence-corrected chi connectivity index (χ2v) is 9.07. The van der Waals surface area contributed by atoms with E-state index >= 15 is 0 Å². The van der Waals surface area contributed by atoms with Gasteiger partial charge in [0.15, 0.2) is 11.9 Å². The normalized spacial score (nSPS) is 31.8. The maximum Gasteiger partial charge on any atom is 0.305 e. The van der Waals surface area contributed by atoms with E-state index in [1.807, 2.05) is 6.08 Å².